The van der Waals surface area contributed by atoms with Crippen molar-refractivity contribution < 1.29 is 14.3 Å². The Hall–Kier alpha value is -2.63. The van der Waals surface area contributed by atoms with Crippen molar-refractivity contribution in [2.75, 3.05) is 13.2 Å². The van der Waals surface area contributed by atoms with Crippen LogP contribution in [0.5, 0.6) is 5.75 Å². The van der Waals surface area contributed by atoms with E-state index in [9.17, 15) is 9.59 Å². The smallest absolute Gasteiger partial charge is 0.257 e. The Morgan fingerprint density at radius 2 is 2.04 bits per heavy atom. The summed E-state index contributed by atoms with van der Waals surface area (Å²) in [7, 11) is 0. The van der Waals surface area contributed by atoms with Gasteiger partial charge in [-0.1, -0.05) is 0 Å². The summed E-state index contributed by atoms with van der Waals surface area (Å²) in [5, 5.41) is 7.18. The Kier molecular flexibility index (Phi) is 5.91. The molecule has 6 heteroatoms. The lowest BCUT2D eigenvalue weighted by atomic mass is 10.2. The molecule has 0 spiro atoms. The molecule has 6 nitrogen and oxygen atoms in total. The number of carbonyl (C=O) groups is 2. The van der Waals surface area contributed by atoms with Gasteiger partial charge in [-0.15, -0.1) is 0 Å². The summed E-state index contributed by atoms with van der Waals surface area (Å²) in [6.45, 7) is 5.28. The van der Waals surface area contributed by atoms with Crippen LogP contribution in [0.25, 0.3) is 0 Å². The van der Waals surface area contributed by atoms with E-state index >= 15 is 0 Å². The van der Waals surface area contributed by atoms with Crippen LogP contribution in [0.4, 0.5) is 0 Å². The van der Waals surface area contributed by atoms with Crippen LogP contribution in [0.1, 0.15) is 28.2 Å². The third-order valence-electron chi connectivity index (χ3n) is 3.36. The quantitative estimate of drug-likeness (QED) is 0.596. The monoisotopic (exact) mass is 315 g/mol. The molecule has 0 saturated carbocycles. The summed E-state index contributed by atoms with van der Waals surface area (Å²) in [5.74, 6) is 0.395. The molecule has 1 aromatic heterocycles. The number of hydrogen-bond acceptors (Lipinski definition) is 4. The average Bonchev–Trinajstić information content (AvgIpc) is 2.87. The van der Waals surface area contributed by atoms with Gasteiger partial charge in [0.2, 0.25) is 0 Å². The lowest BCUT2D eigenvalue weighted by Gasteiger charge is -2.08. The van der Waals surface area contributed by atoms with Crippen LogP contribution in [0.15, 0.2) is 30.3 Å². The minimum absolute atomic E-state index is 0.0413. The van der Waals surface area contributed by atoms with Gasteiger partial charge >= 0.3 is 0 Å². The lowest BCUT2D eigenvalue weighted by Crippen LogP contribution is -2.30. The Morgan fingerprint density at radius 1 is 1.30 bits per heavy atom. The van der Waals surface area contributed by atoms with E-state index < -0.39 is 0 Å². The van der Waals surface area contributed by atoms with Crippen molar-refractivity contribution in [1.29, 1.82) is 0 Å². The SMILES string of the molecule is Cc1cc(C)n(CCCNC(=O)COc2ccc(C=O)cc2)n1. The molecule has 1 amide bonds. The fourth-order valence-corrected chi connectivity index (χ4v) is 2.20. The van der Waals surface area contributed by atoms with Crippen LogP contribution in [0, 0.1) is 13.8 Å². The topological polar surface area (TPSA) is 73.2 Å². The molecule has 0 saturated heterocycles. The van der Waals surface area contributed by atoms with Crippen molar-refractivity contribution in [3.63, 3.8) is 0 Å². The zero-order chi connectivity index (χ0) is 16.7. The van der Waals surface area contributed by atoms with Gasteiger partial charge in [0, 0.05) is 24.3 Å². The highest BCUT2D eigenvalue weighted by Gasteiger charge is 2.04. The van der Waals surface area contributed by atoms with Gasteiger partial charge in [0.1, 0.15) is 12.0 Å². The maximum atomic E-state index is 11.7. The molecule has 122 valence electrons. The highest BCUT2D eigenvalue weighted by atomic mass is 16.5. The molecule has 1 heterocycles. The van der Waals surface area contributed by atoms with Crippen LogP contribution in [0.2, 0.25) is 0 Å². The number of nitrogens with one attached hydrogen (secondary N) is 1. The van der Waals surface area contributed by atoms with E-state index in [0.29, 0.717) is 17.9 Å². The van der Waals surface area contributed by atoms with Crippen LogP contribution < -0.4 is 10.1 Å². The van der Waals surface area contributed by atoms with E-state index in [0.717, 1.165) is 30.6 Å². The predicted molar refractivity (Wildman–Crippen MR) is 86.7 cm³/mol. The summed E-state index contributed by atoms with van der Waals surface area (Å²) in [6.07, 6.45) is 1.57. The van der Waals surface area contributed by atoms with Gasteiger partial charge in [-0.2, -0.15) is 5.10 Å². The molecule has 0 bridgehead atoms. The molecule has 23 heavy (non-hydrogen) atoms. The fraction of sp³-hybridized carbons (Fsp3) is 0.353. The van der Waals surface area contributed by atoms with E-state index in [-0.39, 0.29) is 12.5 Å². The zero-order valence-electron chi connectivity index (χ0n) is 13.4. The minimum Gasteiger partial charge on any atom is -0.484 e. The van der Waals surface area contributed by atoms with Crippen molar-refractivity contribution in [2.24, 2.45) is 0 Å². The first-order valence-corrected chi connectivity index (χ1v) is 7.54. The highest BCUT2D eigenvalue weighted by Crippen LogP contribution is 2.10. The Bertz CT molecular complexity index is 662. The third kappa shape index (κ3) is 5.25. The lowest BCUT2D eigenvalue weighted by molar-refractivity contribution is -0.123. The summed E-state index contributed by atoms with van der Waals surface area (Å²) in [4.78, 5) is 22.3. The largest absolute Gasteiger partial charge is 0.484 e. The molecule has 1 aromatic carbocycles. The molecule has 1 N–H and O–H groups in total. The number of aromatic nitrogens is 2. The predicted octanol–water partition coefficient (Wildman–Crippen LogP) is 1.90. The Morgan fingerprint density at radius 3 is 2.65 bits per heavy atom. The summed E-state index contributed by atoms with van der Waals surface area (Å²) in [5.41, 5.74) is 2.70. The van der Waals surface area contributed by atoms with Crippen molar-refractivity contribution in [1.82, 2.24) is 15.1 Å². The number of ether oxygens (including phenoxy) is 1. The molecule has 0 aliphatic rings. The molecule has 0 atom stereocenters. The summed E-state index contributed by atoms with van der Waals surface area (Å²) in [6, 6.07) is 8.66. The Labute approximate surface area is 135 Å². The first-order chi connectivity index (χ1) is 11.1. The number of rotatable bonds is 8. The molecule has 2 aromatic rings. The van der Waals surface area contributed by atoms with Crippen LogP contribution >= 0.6 is 0 Å². The molecule has 0 fully saturated rings. The second-order valence-electron chi connectivity index (χ2n) is 5.33. The number of aldehydes is 1. The third-order valence-corrected chi connectivity index (χ3v) is 3.36. The van der Waals surface area contributed by atoms with E-state index in [1.165, 1.54) is 0 Å². The number of aryl methyl sites for hydroxylation is 3. The maximum Gasteiger partial charge on any atom is 0.257 e. The minimum atomic E-state index is -0.169. The van der Waals surface area contributed by atoms with Gasteiger partial charge in [-0.05, 0) is 50.6 Å². The number of carbonyl (C=O) groups excluding carboxylic acids is 2. The zero-order valence-corrected chi connectivity index (χ0v) is 13.4. The van der Waals surface area contributed by atoms with Crippen molar-refractivity contribution in [3.05, 3.63) is 47.3 Å². The number of amides is 1. The van der Waals surface area contributed by atoms with Crippen LogP contribution in [-0.2, 0) is 11.3 Å². The molecule has 0 aliphatic heterocycles. The van der Waals surface area contributed by atoms with Crippen LogP contribution in [0.3, 0.4) is 0 Å². The first-order valence-electron chi connectivity index (χ1n) is 7.54. The first kappa shape index (κ1) is 16.7. The molecule has 0 unspecified atom stereocenters. The standard InChI is InChI=1S/C17H21N3O3/c1-13-10-14(2)20(19-13)9-3-8-18-17(22)12-23-16-6-4-15(11-21)5-7-16/h4-7,10-11H,3,8-9,12H2,1-2H3,(H,18,22). The maximum absolute atomic E-state index is 11.7. The molecule has 0 aliphatic carbocycles. The van der Waals surface area contributed by atoms with Gasteiger partial charge in [-0.25, -0.2) is 0 Å². The van der Waals surface area contributed by atoms with Crippen LogP contribution in [-0.4, -0.2) is 35.1 Å². The molecule has 2 rings (SSSR count). The number of hydrogen-bond donors (Lipinski definition) is 1. The number of nitrogens with zero attached hydrogens (tertiary/aromatic N) is 2. The van der Waals surface area contributed by atoms with Gasteiger partial charge in [0.15, 0.2) is 6.61 Å². The van der Waals surface area contributed by atoms with Gasteiger partial charge in [0.05, 0.1) is 5.69 Å². The molecule has 0 radical (unpaired) electrons. The normalized spacial score (nSPS) is 10.3. The van der Waals surface area contributed by atoms with Gasteiger partial charge < -0.3 is 10.1 Å². The molecular weight excluding hydrogens is 294 g/mol. The summed E-state index contributed by atoms with van der Waals surface area (Å²) < 4.78 is 7.30. The Balaban J connectivity index is 1.64. The van der Waals surface area contributed by atoms with Gasteiger partial charge in [-0.3, -0.25) is 14.3 Å². The van der Waals surface area contributed by atoms with Crippen molar-refractivity contribution in [2.45, 2.75) is 26.8 Å². The second kappa shape index (κ2) is 8.12. The van der Waals surface area contributed by atoms with Crippen molar-refractivity contribution >= 4 is 12.2 Å². The van der Waals surface area contributed by atoms with E-state index in [1.54, 1.807) is 24.3 Å². The van der Waals surface area contributed by atoms with E-state index in [2.05, 4.69) is 10.4 Å². The average molecular weight is 315 g/mol. The van der Waals surface area contributed by atoms with Gasteiger partial charge in [0.25, 0.3) is 5.91 Å². The highest BCUT2D eigenvalue weighted by molar-refractivity contribution is 5.77. The van der Waals surface area contributed by atoms with E-state index in [4.69, 9.17) is 4.74 Å². The second-order valence-corrected chi connectivity index (χ2v) is 5.33. The number of benzene rings is 1. The molecular formula is C17H21N3O3. The van der Waals surface area contributed by atoms with E-state index in [1.807, 2.05) is 24.6 Å². The van der Waals surface area contributed by atoms with Crippen molar-refractivity contribution in [3.8, 4) is 5.75 Å². The fourth-order valence-electron chi connectivity index (χ4n) is 2.20. The summed E-state index contributed by atoms with van der Waals surface area (Å²) >= 11 is 0.